The van der Waals surface area contributed by atoms with Gasteiger partial charge in [0, 0.05) is 0 Å². The summed E-state index contributed by atoms with van der Waals surface area (Å²) in [6.07, 6.45) is 5.54. The molecule has 0 radical (unpaired) electrons. The van der Waals surface area contributed by atoms with Crippen molar-refractivity contribution in [1.29, 1.82) is 5.26 Å². The zero-order valence-corrected chi connectivity index (χ0v) is 12.8. The molecule has 0 aliphatic rings. The van der Waals surface area contributed by atoms with Crippen molar-refractivity contribution in [3.8, 4) is 6.07 Å². The van der Waals surface area contributed by atoms with Gasteiger partial charge in [-0.2, -0.15) is 5.26 Å². The molecule has 0 saturated carbocycles. The Hall–Kier alpha value is -0.590. The topological polar surface area (TPSA) is 39.1 Å². The highest BCUT2D eigenvalue weighted by Gasteiger charge is 2.22. The zero-order chi connectivity index (χ0) is 13.9. The number of nitrogens with zero attached hydrogens (tertiary/aromatic N) is 2. The highest BCUT2D eigenvalue weighted by atomic mass is 15.1. The molecule has 106 valence electrons. The van der Waals surface area contributed by atoms with Crippen LogP contribution < -0.4 is 5.32 Å². The molecule has 0 amide bonds. The van der Waals surface area contributed by atoms with Crippen LogP contribution in [0.4, 0.5) is 0 Å². The summed E-state index contributed by atoms with van der Waals surface area (Å²) in [5.74, 6) is 0. The molecule has 0 aliphatic carbocycles. The van der Waals surface area contributed by atoms with Crippen molar-refractivity contribution in [3.63, 3.8) is 0 Å². The maximum absolute atomic E-state index is 9.26. The van der Waals surface area contributed by atoms with E-state index in [0.717, 1.165) is 32.4 Å². The summed E-state index contributed by atoms with van der Waals surface area (Å²) in [5, 5.41) is 12.6. The molecule has 0 spiro atoms. The Morgan fingerprint density at radius 3 is 2.11 bits per heavy atom. The fourth-order valence-electron chi connectivity index (χ4n) is 2.21. The van der Waals surface area contributed by atoms with Crippen molar-refractivity contribution in [3.05, 3.63) is 0 Å². The number of rotatable bonds is 11. The lowest BCUT2D eigenvalue weighted by Crippen LogP contribution is -2.42. The molecule has 0 aromatic heterocycles. The maximum Gasteiger partial charge on any atom is 0.103 e. The van der Waals surface area contributed by atoms with Gasteiger partial charge in [-0.1, -0.05) is 20.8 Å². The fraction of sp³-hybridized carbons (Fsp3) is 0.933. The molecule has 0 rings (SSSR count). The Morgan fingerprint density at radius 1 is 1.06 bits per heavy atom. The van der Waals surface area contributed by atoms with E-state index in [4.69, 9.17) is 0 Å². The van der Waals surface area contributed by atoms with Crippen molar-refractivity contribution < 1.29 is 0 Å². The monoisotopic (exact) mass is 253 g/mol. The first kappa shape index (κ1) is 17.4. The molecule has 1 N–H and O–H groups in total. The standard InChI is InChI=1S/C15H31N3/c1-5-10-17-15(4,14-16)9-8-13-18(11-6-2)12-7-3/h17H,5-13H2,1-4H3. The third-order valence-corrected chi connectivity index (χ3v) is 3.24. The highest BCUT2D eigenvalue weighted by molar-refractivity contribution is 5.03. The van der Waals surface area contributed by atoms with Gasteiger partial charge < -0.3 is 4.90 Å². The van der Waals surface area contributed by atoms with Crippen LogP contribution in [0.5, 0.6) is 0 Å². The smallest absolute Gasteiger partial charge is 0.103 e. The first-order valence-corrected chi connectivity index (χ1v) is 7.50. The number of hydrogen-bond donors (Lipinski definition) is 1. The van der Waals surface area contributed by atoms with E-state index in [-0.39, 0.29) is 5.54 Å². The minimum absolute atomic E-state index is 0.347. The first-order valence-electron chi connectivity index (χ1n) is 7.50. The van der Waals surface area contributed by atoms with Gasteiger partial charge in [-0.25, -0.2) is 0 Å². The Labute approximate surface area is 114 Å². The maximum atomic E-state index is 9.26. The second kappa shape index (κ2) is 10.3. The van der Waals surface area contributed by atoms with Crippen LogP contribution in [0.2, 0.25) is 0 Å². The lowest BCUT2D eigenvalue weighted by Gasteiger charge is -2.26. The molecule has 0 aromatic rings. The third-order valence-electron chi connectivity index (χ3n) is 3.24. The number of hydrogen-bond acceptors (Lipinski definition) is 3. The predicted molar refractivity (Wildman–Crippen MR) is 78.6 cm³/mol. The van der Waals surface area contributed by atoms with E-state index in [1.54, 1.807) is 0 Å². The Bertz CT molecular complexity index is 228. The van der Waals surface area contributed by atoms with E-state index in [0.29, 0.717) is 0 Å². The van der Waals surface area contributed by atoms with Crippen LogP contribution >= 0.6 is 0 Å². The van der Waals surface area contributed by atoms with Crippen molar-refractivity contribution >= 4 is 0 Å². The zero-order valence-electron chi connectivity index (χ0n) is 12.8. The van der Waals surface area contributed by atoms with Gasteiger partial charge in [-0.05, 0) is 65.2 Å². The molecular weight excluding hydrogens is 222 g/mol. The fourth-order valence-corrected chi connectivity index (χ4v) is 2.21. The van der Waals surface area contributed by atoms with E-state index >= 15 is 0 Å². The minimum atomic E-state index is -0.347. The molecule has 1 atom stereocenters. The van der Waals surface area contributed by atoms with Crippen molar-refractivity contribution in [2.45, 2.75) is 65.3 Å². The molecule has 0 bridgehead atoms. The third kappa shape index (κ3) is 7.68. The first-order chi connectivity index (χ1) is 8.61. The van der Waals surface area contributed by atoms with E-state index in [1.807, 2.05) is 6.92 Å². The predicted octanol–water partition coefficient (Wildman–Crippen LogP) is 3.17. The minimum Gasteiger partial charge on any atom is -0.303 e. The molecule has 1 unspecified atom stereocenters. The van der Waals surface area contributed by atoms with Gasteiger partial charge in [-0.3, -0.25) is 5.32 Å². The Balaban J connectivity index is 4.00. The van der Waals surface area contributed by atoms with E-state index in [1.165, 1.54) is 25.9 Å². The SMILES string of the molecule is CCCNC(C)(C#N)CCCN(CCC)CCC. The summed E-state index contributed by atoms with van der Waals surface area (Å²) < 4.78 is 0. The van der Waals surface area contributed by atoms with Gasteiger partial charge in [0.05, 0.1) is 6.07 Å². The van der Waals surface area contributed by atoms with Crippen LogP contribution in [0.3, 0.4) is 0 Å². The van der Waals surface area contributed by atoms with Crippen molar-refractivity contribution in [2.24, 2.45) is 0 Å². The summed E-state index contributed by atoms with van der Waals surface area (Å²) >= 11 is 0. The number of nitriles is 1. The molecule has 3 nitrogen and oxygen atoms in total. The average Bonchev–Trinajstić information content (AvgIpc) is 2.37. The molecule has 0 saturated heterocycles. The van der Waals surface area contributed by atoms with Crippen molar-refractivity contribution in [2.75, 3.05) is 26.2 Å². The molecule has 18 heavy (non-hydrogen) atoms. The van der Waals surface area contributed by atoms with E-state index < -0.39 is 0 Å². The number of nitrogens with one attached hydrogen (secondary N) is 1. The summed E-state index contributed by atoms with van der Waals surface area (Å²) in [6, 6.07) is 2.42. The molecule has 0 fully saturated rings. The van der Waals surface area contributed by atoms with Gasteiger partial charge in [-0.15, -0.1) is 0 Å². The van der Waals surface area contributed by atoms with Gasteiger partial charge >= 0.3 is 0 Å². The molecular formula is C15H31N3. The highest BCUT2D eigenvalue weighted by Crippen LogP contribution is 2.12. The quantitative estimate of drug-likeness (QED) is 0.615. The van der Waals surface area contributed by atoms with Crippen LogP contribution in [0.1, 0.15) is 59.8 Å². The van der Waals surface area contributed by atoms with Crippen LogP contribution in [-0.4, -0.2) is 36.6 Å². The van der Waals surface area contributed by atoms with E-state index in [9.17, 15) is 5.26 Å². The molecule has 0 aromatic carbocycles. The Morgan fingerprint density at radius 2 is 1.67 bits per heavy atom. The van der Waals surface area contributed by atoms with Crippen LogP contribution in [0.25, 0.3) is 0 Å². The second-order valence-electron chi connectivity index (χ2n) is 5.32. The van der Waals surface area contributed by atoms with Crippen LogP contribution in [0, 0.1) is 11.3 Å². The normalized spacial score (nSPS) is 14.4. The average molecular weight is 253 g/mol. The summed E-state index contributed by atoms with van der Waals surface area (Å²) in [4.78, 5) is 2.51. The largest absolute Gasteiger partial charge is 0.303 e. The van der Waals surface area contributed by atoms with Crippen LogP contribution in [-0.2, 0) is 0 Å². The summed E-state index contributed by atoms with van der Waals surface area (Å²) in [7, 11) is 0. The van der Waals surface area contributed by atoms with Crippen molar-refractivity contribution in [1.82, 2.24) is 10.2 Å². The van der Waals surface area contributed by atoms with E-state index in [2.05, 4.69) is 37.1 Å². The van der Waals surface area contributed by atoms with Gasteiger partial charge in [0.1, 0.15) is 5.54 Å². The van der Waals surface area contributed by atoms with Gasteiger partial charge in [0.2, 0.25) is 0 Å². The molecule has 0 heterocycles. The molecule has 3 heteroatoms. The molecule has 0 aliphatic heterocycles. The second-order valence-corrected chi connectivity index (χ2v) is 5.32. The van der Waals surface area contributed by atoms with Gasteiger partial charge in [0.25, 0.3) is 0 Å². The summed E-state index contributed by atoms with van der Waals surface area (Å²) in [6.45, 7) is 13.0. The van der Waals surface area contributed by atoms with Gasteiger partial charge in [0.15, 0.2) is 0 Å². The lowest BCUT2D eigenvalue weighted by atomic mass is 9.97. The van der Waals surface area contributed by atoms with Crippen LogP contribution in [0.15, 0.2) is 0 Å². The Kier molecular flexibility index (Phi) is 10.0. The summed E-state index contributed by atoms with van der Waals surface area (Å²) in [5.41, 5.74) is -0.347. The lowest BCUT2D eigenvalue weighted by molar-refractivity contribution is 0.258.